The molecule has 0 bridgehead atoms. The zero-order chi connectivity index (χ0) is 23.7. The lowest BCUT2D eigenvalue weighted by Crippen LogP contribution is -2.48. The summed E-state index contributed by atoms with van der Waals surface area (Å²) in [7, 11) is -0.534. The van der Waals surface area contributed by atoms with Gasteiger partial charge in [0, 0.05) is 33.6 Å². The molecular weight excluding hydrogens is 426 g/mol. The molecule has 1 N–H and O–H groups in total. The van der Waals surface area contributed by atoms with Gasteiger partial charge in [-0.3, -0.25) is 9.59 Å². The first-order valence-corrected chi connectivity index (χ1v) is 12.2. The van der Waals surface area contributed by atoms with Gasteiger partial charge in [0.2, 0.25) is 21.8 Å². The molecule has 2 aromatic carbocycles. The zero-order valence-corrected chi connectivity index (χ0v) is 20.1. The van der Waals surface area contributed by atoms with Crippen molar-refractivity contribution in [1.29, 1.82) is 0 Å². The third kappa shape index (κ3) is 6.40. The molecule has 32 heavy (non-hydrogen) atoms. The molecule has 0 radical (unpaired) electrons. The van der Waals surface area contributed by atoms with Crippen LogP contribution in [0.15, 0.2) is 59.5 Å². The van der Waals surface area contributed by atoms with Gasteiger partial charge in [-0.05, 0) is 43.0 Å². The normalized spacial score (nSPS) is 12.4. The number of nitrogens with one attached hydrogen (secondary N) is 1. The highest BCUT2D eigenvalue weighted by atomic mass is 32.2. The number of nitrogens with zero attached hydrogens (tertiary/aromatic N) is 2. The minimum atomic E-state index is -3.61. The fraction of sp³-hybridized carbons (Fsp3) is 0.417. The number of carbonyl (C=O) groups is 2. The smallest absolute Gasteiger partial charge is 0.242 e. The van der Waals surface area contributed by atoms with Crippen molar-refractivity contribution in [2.24, 2.45) is 0 Å². The van der Waals surface area contributed by atoms with E-state index in [4.69, 9.17) is 0 Å². The Morgan fingerprint density at radius 1 is 1.03 bits per heavy atom. The van der Waals surface area contributed by atoms with Crippen molar-refractivity contribution < 1.29 is 18.0 Å². The van der Waals surface area contributed by atoms with E-state index in [9.17, 15) is 18.0 Å². The monoisotopic (exact) mass is 459 g/mol. The Balaban J connectivity index is 2.10. The van der Waals surface area contributed by atoms with Crippen molar-refractivity contribution in [3.8, 4) is 0 Å². The van der Waals surface area contributed by atoms with Crippen LogP contribution in [0, 0.1) is 6.92 Å². The molecule has 0 aliphatic heterocycles. The molecule has 7 nitrogen and oxygen atoms in total. The van der Waals surface area contributed by atoms with Gasteiger partial charge in [0.05, 0.1) is 4.90 Å². The number of sulfonamides is 1. The van der Waals surface area contributed by atoms with E-state index in [0.29, 0.717) is 19.4 Å². The summed E-state index contributed by atoms with van der Waals surface area (Å²) in [6.07, 6.45) is 0.990. The molecule has 174 valence electrons. The number of benzene rings is 2. The Kier molecular flexibility index (Phi) is 9.41. The molecule has 0 heterocycles. The number of rotatable bonds is 11. The van der Waals surface area contributed by atoms with Crippen molar-refractivity contribution >= 4 is 21.8 Å². The number of likely N-dealkylation sites (N-methyl/N-ethyl adjacent to an activating group) is 1. The zero-order valence-electron chi connectivity index (χ0n) is 19.2. The quantitative estimate of drug-likeness (QED) is 0.560. The van der Waals surface area contributed by atoms with Crippen LogP contribution < -0.4 is 5.32 Å². The van der Waals surface area contributed by atoms with Crippen LogP contribution in [0.3, 0.4) is 0 Å². The maximum atomic E-state index is 13.2. The molecule has 8 heteroatoms. The maximum Gasteiger partial charge on any atom is 0.242 e. The van der Waals surface area contributed by atoms with Crippen LogP contribution >= 0.6 is 0 Å². The summed E-state index contributed by atoms with van der Waals surface area (Å²) in [4.78, 5) is 27.4. The van der Waals surface area contributed by atoms with Gasteiger partial charge in [0.25, 0.3) is 0 Å². The topological polar surface area (TPSA) is 86.8 Å². The Bertz CT molecular complexity index is 1010. The van der Waals surface area contributed by atoms with Gasteiger partial charge in [-0.15, -0.1) is 0 Å². The summed E-state index contributed by atoms with van der Waals surface area (Å²) in [5.41, 5.74) is 2.03. The summed E-state index contributed by atoms with van der Waals surface area (Å²) in [5.74, 6) is -0.382. The lowest BCUT2D eigenvalue weighted by molar-refractivity contribution is -0.141. The van der Waals surface area contributed by atoms with Crippen molar-refractivity contribution in [1.82, 2.24) is 14.5 Å². The van der Waals surface area contributed by atoms with Crippen molar-refractivity contribution in [2.45, 2.75) is 50.6 Å². The van der Waals surface area contributed by atoms with Gasteiger partial charge in [0.1, 0.15) is 6.04 Å². The summed E-state index contributed by atoms with van der Waals surface area (Å²) >= 11 is 0. The Labute approximate surface area is 191 Å². The van der Waals surface area contributed by atoms with Gasteiger partial charge in [-0.1, -0.05) is 49.4 Å². The standard InChI is InChI=1S/C24H33N3O4S/c1-5-22(24(29)25-3)27(18-20-13-10-9-12-19(20)2)23(28)16-11-17-26(4)32(30,31)21-14-7-6-8-15-21/h6-10,12-15,22H,5,11,16-18H2,1-4H3,(H,25,29)/t22-/m1/s1. The molecule has 0 saturated heterocycles. The molecular formula is C24H33N3O4S. The van der Waals surface area contributed by atoms with Crippen LogP contribution in [-0.2, 0) is 26.2 Å². The summed E-state index contributed by atoms with van der Waals surface area (Å²) in [6, 6.07) is 15.4. The van der Waals surface area contributed by atoms with Crippen molar-refractivity contribution in [3.05, 3.63) is 65.7 Å². The summed E-state index contributed by atoms with van der Waals surface area (Å²) < 4.78 is 26.6. The Morgan fingerprint density at radius 2 is 1.66 bits per heavy atom. The largest absolute Gasteiger partial charge is 0.357 e. The van der Waals surface area contributed by atoms with Crippen LogP contribution in [-0.4, -0.2) is 56.1 Å². The molecule has 2 aromatic rings. The van der Waals surface area contributed by atoms with Gasteiger partial charge >= 0.3 is 0 Å². The first-order valence-electron chi connectivity index (χ1n) is 10.8. The van der Waals surface area contributed by atoms with E-state index in [1.807, 2.05) is 38.1 Å². The number of amides is 2. The molecule has 0 aliphatic rings. The lowest BCUT2D eigenvalue weighted by Gasteiger charge is -2.31. The average Bonchev–Trinajstić information content (AvgIpc) is 2.80. The summed E-state index contributed by atoms with van der Waals surface area (Å²) in [5, 5.41) is 2.64. The molecule has 0 unspecified atom stereocenters. The van der Waals surface area contributed by atoms with Crippen LogP contribution in [0.5, 0.6) is 0 Å². The van der Waals surface area contributed by atoms with E-state index in [2.05, 4.69) is 5.32 Å². The van der Waals surface area contributed by atoms with Crippen LogP contribution in [0.1, 0.15) is 37.3 Å². The first-order chi connectivity index (χ1) is 15.2. The van der Waals surface area contributed by atoms with Gasteiger partial charge in [-0.2, -0.15) is 0 Å². The average molecular weight is 460 g/mol. The van der Waals surface area contributed by atoms with Crippen LogP contribution in [0.2, 0.25) is 0 Å². The molecule has 0 spiro atoms. The lowest BCUT2D eigenvalue weighted by atomic mass is 10.1. The summed E-state index contributed by atoms with van der Waals surface area (Å²) in [6.45, 7) is 4.38. The fourth-order valence-corrected chi connectivity index (χ4v) is 4.78. The third-order valence-electron chi connectivity index (χ3n) is 5.55. The molecule has 0 aromatic heterocycles. The fourth-order valence-electron chi connectivity index (χ4n) is 3.55. The molecule has 2 rings (SSSR count). The number of hydrogen-bond acceptors (Lipinski definition) is 4. The Morgan fingerprint density at radius 3 is 2.25 bits per heavy atom. The number of aryl methyl sites for hydroxylation is 1. The number of hydrogen-bond donors (Lipinski definition) is 1. The van der Waals surface area contributed by atoms with Gasteiger partial charge in [-0.25, -0.2) is 12.7 Å². The molecule has 1 atom stereocenters. The van der Waals surface area contributed by atoms with E-state index >= 15 is 0 Å². The number of carbonyl (C=O) groups excluding carboxylic acids is 2. The minimum Gasteiger partial charge on any atom is -0.357 e. The maximum absolute atomic E-state index is 13.2. The molecule has 0 aliphatic carbocycles. The third-order valence-corrected chi connectivity index (χ3v) is 7.42. The van der Waals surface area contributed by atoms with Gasteiger partial charge < -0.3 is 10.2 Å². The first kappa shape index (κ1) is 25.5. The second kappa shape index (κ2) is 11.8. The highest BCUT2D eigenvalue weighted by Gasteiger charge is 2.28. The molecule has 2 amide bonds. The van der Waals surface area contributed by atoms with E-state index in [1.54, 1.807) is 42.3 Å². The van der Waals surface area contributed by atoms with Crippen LogP contribution in [0.4, 0.5) is 0 Å². The van der Waals surface area contributed by atoms with Crippen molar-refractivity contribution in [3.63, 3.8) is 0 Å². The SMILES string of the molecule is CC[C@H](C(=O)NC)N(Cc1ccccc1C)C(=O)CCCN(C)S(=O)(=O)c1ccccc1. The van der Waals surface area contributed by atoms with E-state index in [0.717, 1.165) is 11.1 Å². The van der Waals surface area contributed by atoms with E-state index in [1.165, 1.54) is 11.4 Å². The van der Waals surface area contributed by atoms with Gasteiger partial charge in [0.15, 0.2) is 0 Å². The van der Waals surface area contributed by atoms with E-state index in [-0.39, 0.29) is 29.7 Å². The predicted molar refractivity (Wildman–Crippen MR) is 125 cm³/mol. The van der Waals surface area contributed by atoms with Crippen molar-refractivity contribution in [2.75, 3.05) is 20.6 Å². The predicted octanol–water partition coefficient (Wildman–Crippen LogP) is 2.95. The van der Waals surface area contributed by atoms with Crippen LogP contribution in [0.25, 0.3) is 0 Å². The second-order valence-electron chi connectivity index (χ2n) is 7.73. The molecule has 0 saturated carbocycles. The second-order valence-corrected chi connectivity index (χ2v) is 9.77. The highest BCUT2D eigenvalue weighted by molar-refractivity contribution is 7.89. The molecule has 0 fully saturated rings. The van der Waals surface area contributed by atoms with E-state index < -0.39 is 16.1 Å². The highest BCUT2D eigenvalue weighted by Crippen LogP contribution is 2.18. The Hall–Kier alpha value is -2.71. The minimum absolute atomic E-state index is 0.147.